The van der Waals surface area contributed by atoms with Crippen LogP contribution in [-0.4, -0.2) is 44.0 Å². The van der Waals surface area contributed by atoms with Gasteiger partial charge in [0.25, 0.3) is 0 Å². The molecule has 3 rings (SSSR count). The Balaban J connectivity index is 0.000000380. The lowest BCUT2D eigenvalue weighted by Gasteiger charge is -2.22. The zero-order valence-corrected chi connectivity index (χ0v) is 19.0. The number of halogens is 1. The molecule has 2 heterocycles. The third-order valence-electron chi connectivity index (χ3n) is 4.52. The number of anilines is 2. The van der Waals surface area contributed by atoms with Crippen LogP contribution in [-0.2, 0) is 9.59 Å². The predicted molar refractivity (Wildman–Crippen MR) is 124 cm³/mol. The molecule has 0 fully saturated rings. The molecule has 11 heteroatoms. The second-order valence-corrected chi connectivity index (χ2v) is 7.85. The Morgan fingerprint density at radius 2 is 2.19 bits per heavy atom. The minimum atomic E-state index is -0.818. The molecule has 0 bridgehead atoms. The van der Waals surface area contributed by atoms with Gasteiger partial charge in [-0.2, -0.15) is 14.4 Å². The molecule has 170 valence electrons. The van der Waals surface area contributed by atoms with Gasteiger partial charge in [0.2, 0.25) is 0 Å². The summed E-state index contributed by atoms with van der Waals surface area (Å²) in [6.07, 6.45) is 10.4. The number of nitrogens with one attached hydrogen (secondary N) is 1. The maximum absolute atomic E-state index is 13.0. The number of fused-ring (bicyclic) bond motifs is 1. The Morgan fingerprint density at radius 1 is 1.44 bits per heavy atom. The zero-order valence-electron chi connectivity index (χ0n) is 18.2. The quantitative estimate of drug-likeness (QED) is 0.653. The molecule has 0 spiro atoms. The molecule has 32 heavy (non-hydrogen) atoms. The maximum Gasteiger partial charge on any atom is 0.314 e. The molecule has 9 nitrogen and oxygen atoms in total. The summed E-state index contributed by atoms with van der Waals surface area (Å²) in [6.45, 7) is 6.59. The van der Waals surface area contributed by atoms with Crippen molar-refractivity contribution in [2.24, 2.45) is 5.92 Å². The molecule has 1 aliphatic rings. The molecule has 3 N–H and O–H groups in total. The number of hydrogen-bond donors (Lipinski definition) is 2. The highest BCUT2D eigenvalue weighted by molar-refractivity contribution is 7.92. The van der Waals surface area contributed by atoms with Crippen molar-refractivity contribution in [3.8, 4) is 6.07 Å². The topological polar surface area (TPSA) is 130 Å². The highest BCUT2D eigenvalue weighted by Crippen LogP contribution is 2.29. The van der Waals surface area contributed by atoms with Gasteiger partial charge < -0.3 is 16.0 Å². The summed E-state index contributed by atoms with van der Waals surface area (Å²) in [6, 6.07) is 2.11. The lowest BCUT2D eigenvalue weighted by Crippen LogP contribution is -2.41. The van der Waals surface area contributed by atoms with E-state index in [-0.39, 0.29) is 35.3 Å². The smallest absolute Gasteiger partial charge is 0.314 e. The van der Waals surface area contributed by atoms with Crippen LogP contribution in [0.5, 0.6) is 0 Å². The third-order valence-corrected chi connectivity index (χ3v) is 4.93. The van der Waals surface area contributed by atoms with E-state index in [0.29, 0.717) is 18.5 Å². The predicted octanol–water partition coefficient (Wildman–Crippen LogP) is 3.62. The van der Waals surface area contributed by atoms with Crippen LogP contribution in [0, 0.1) is 17.2 Å². The van der Waals surface area contributed by atoms with Gasteiger partial charge in [-0.05, 0) is 31.8 Å². The summed E-state index contributed by atoms with van der Waals surface area (Å²) in [4.78, 5) is 29.9. The number of nitrogens with zero attached hydrogens (tertiary/aromatic N) is 5. The summed E-state index contributed by atoms with van der Waals surface area (Å²) >= 11 is -0.142. The van der Waals surface area contributed by atoms with Crippen LogP contribution in [0.4, 0.5) is 15.4 Å². The molecule has 0 saturated carbocycles. The van der Waals surface area contributed by atoms with Crippen molar-refractivity contribution >= 4 is 46.6 Å². The second kappa shape index (κ2) is 11.9. The molecular weight excluding hydrogens is 433 g/mol. The van der Waals surface area contributed by atoms with Crippen LogP contribution in [0.2, 0.25) is 0 Å². The van der Waals surface area contributed by atoms with Gasteiger partial charge in [-0.15, -0.1) is 3.89 Å². The van der Waals surface area contributed by atoms with Gasteiger partial charge in [-0.1, -0.05) is 26.0 Å². The molecule has 0 atom stereocenters. The van der Waals surface area contributed by atoms with Crippen LogP contribution in [0.15, 0.2) is 36.2 Å². The molecule has 0 radical (unpaired) electrons. The maximum atomic E-state index is 13.0. The van der Waals surface area contributed by atoms with E-state index in [1.807, 2.05) is 26.0 Å². The first kappa shape index (κ1) is 24.9. The SMILES string of the molecule is CCN(CC(C)C)C(=O)C(=O)Nc1cnc(N)c2cnn(SF)c12.N#CC1=CC=CCC1. The van der Waals surface area contributed by atoms with E-state index in [1.54, 1.807) is 6.92 Å². The summed E-state index contributed by atoms with van der Waals surface area (Å²) in [7, 11) is 0. The van der Waals surface area contributed by atoms with E-state index in [0.717, 1.165) is 22.5 Å². The van der Waals surface area contributed by atoms with Gasteiger partial charge in [0.15, 0.2) is 12.3 Å². The number of nitrogen functional groups attached to an aromatic ring is 1. The minimum absolute atomic E-state index is 0.142. The van der Waals surface area contributed by atoms with Gasteiger partial charge in [0.1, 0.15) is 11.3 Å². The molecule has 0 saturated heterocycles. The molecule has 1 aliphatic carbocycles. The van der Waals surface area contributed by atoms with Gasteiger partial charge in [0.05, 0.1) is 29.5 Å². The number of likely N-dealkylation sites (N-methyl/N-ethyl adjacent to an activating group) is 1. The summed E-state index contributed by atoms with van der Waals surface area (Å²) < 4.78 is 13.9. The molecule has 2 aromatic heterocycles. The number of carbonyl (C=O) groups is 2. The Hall–Kier alpha value is -3.39. The van der Waals surface area contributed by atoms with Crippen LogP contribution < -0.4 is 11.1 Å². The van der Waals surface area contributed by atoms with Crippen molar-refractivity contribution in [2.45, 2.75) is 33.6 Å². The number of allylic oxidation sites excluding steroid dienone is 4. The van der Waals surface area contributed by atoms with Crippen molar-refractivity contribution in [1.29, 1.82) is 5.26 Å². The number of carbonyl (C=O) groups excluding carboxylic acids is 2. The Kier molecular flexibility index (Phi) is 9.22. The molecule has 0 unspecified atom stereocenters. The third kappa shape index (κ3) is 6.31. The molecule has 0 aromatic carbocycles. The number of hydrogen-bond acceptors (Lipinski definition) is 7. The van der Waals surface area contributed by atoms with Crippen molar-refractivity contribution in [1.82, 2.24) is 19.1 Å². The van der Waals surface area contributed by atoms with Crippen LogP contribution in [0.25, 0.3) is 10.9 Å². The number of nitriles is 1. The van der Waals surface area contributed by atoms with Crippen molar-refractivity contribution in [3.05, 3.63) is 36.2 Å². The zero-order chi connectivity index (χ0) is 23.7. The first-order valence-electron chi connectivity index (χ1n) is 10.1. The highest BCUT2D eigenvalue weighted by atomic mass is 32.2. The van der Waals surface area contributed by atoms with E-state index < -0.39 is 11.8 Å². The first-order valence-corrected chi connectivity index (χ1v) is 10.8. The van der Waals surface area contributed by atoms with E-state index in [9.17, 15) is 13.5 Å². The van der Waals surface area contributed by atoms with Gasteiger partial charge >= 0.3 is 11.8 Å². The van der Waals surface area contributed by atoms with Gasteiger partial charge in [0, 0.05) is 18.7 Å². The minimum Gasteiger partial charge on any atom is -0.383 e. The van der Waals surface area contributed by atoms with E-state index in [1.165, 1.54) is 17.3 Å². The molecular formula is C21H26FN7O2S. The Labute approximate surface area is 190 Å². The van der Waals surface area contributed by atoms with Crippen molar-refractivity contribution < 1.29 is 13.5 Å². The van der Waals surface area contributed by atoms with Gasteiger partial charge in [-0.25, -0.2) is 4.98 Å². The molecule has 0 aliphatic heterocycles. The van der Waals surface area contributed by atoms with Crippen molar-refractivity contribution in [2.75, 3.05) is 24.1 Å². The normalized spacial score (nSPS) is 12.6. The fraction of sp³-hybridized carbons (Fsp3) is 0.381. The van der Waals surface area contributed by atoms with Crippen molar-refractivity contribution in [3.63, 3.8) is 0 Å². The monoisotopic (exact) mass is 459 g/mol. The number of nitrogens with two attached hydrogens (primary N) is 1. The van der Waals surface area contributed by atoms with Crippen LogP contribution in [0.1, 0.15) is 33.6 Å². The highest BCUT2D eigenvalue weighted by Gasteiger charge is 2.23. The average Bonchev–Trinajstić information content (AvgIpc) is 3.25. The largest absolute Gasteiger partial charge is 0.383 e. The average molecular weight is 460 g/mol. The standard InChI is InChI=1S/C14H19FN6O2S.C7H7N/c1-4-20(7-8(2)3)14(23)13(22)19-10-6-17-12(16)9-5-18-21(24-15)11(9)10;8-6-7-4-2-1-3-5-7/h5-6,8H,4,7H2,1-3H3,(H2,16,17)(H,19,22);1-2,4H,3,5H2. The number of aromatic nitrogens is 3. The van der Waals surface area contributed by atoms with Gasteiger partial charge in [-0.3, -0.25) is 9.59 Å². The van der Waals surface area contributed by atoms with E-state index >= 15 is 0 Å². The summed E-state index contributed by atoms with van der Waals surface area (Å²) in [5.74, 6) is -1.09. The fourth-order valence-corrected chi connectivity index (χ4v) is 3.34. The van der Waals surface area contributed by atoms with E-state index in [4.69, 9.17) is 11.0 Å². The number of pyridine rings is 1. The Morgan fingerprint density at radius 3 is 2.72 bits per heavy atom. The lowest BCUT2D eigenvalue weighted by atomic mass is 10.1. The lowest BCUT2D eigenvalue weighted by molar-refractivity contribution is -0.143. The molecule has 2 amide bonds. The first-order chi connectivity index (χ1) is 15.3. The second-order valence-electron chi connectivity index (χ2n) is 7.37. The van der Waals surface area contributed by atoms with Crippen LogP contribution in [0.3, 0.4) is 0 Å². The van der Waals surface area contributed by atoms with Crippen LogP contribution >= 0.6 is 12.3 Å². The number of amides is 2. The fourth-order valence-electron chi connectivity index (χ4n) is 2.99. The summed E-state index contributed by atoms with van der Waals surface area (Å²) in [5, 5.41) is 15.0. The summed E-state index contributed by atoms with van der Waals surface area (Å²) in [5.41, 5.74) is 7.04. The van der Waals surface area contributed by atoms with E-state index in [2.05, 4.69) is 27.5 Å². The molecule has 2 aromatic rings. The Bertz CT molecular complexity index is 1070. The number of rotatable bonds is 5.